The second kappa shape index (κ2) is 7.74. The summed E-state index contributed by atoms with van der Waals surface area (Å²) in [4.78, 5) is 20.2. The average molecular weight is 350 g/mol. The number of aromatic nitrogens is 2. The minimum Gasteiger partial charge on any atom is -0.358 e. The molecule has 8 heteroatoms. The van der Waals surface area contributed by atoms with Gasteiger partial charge in [-0.15, -0.1) is 0 Å². The molecule has 1 aromatic carbocycles. The Hall–Kier alpha value is -1.96. The van der Waals surface area contributed by atoms with E-state index in [0.29, 0.717) is 29.8 Å². The van der Waals surface area contributed by atoms with Gasteiger partial charge in [-0.2, -0.15) is 4.98 Å². The molecule has 1 aromatic heterocycles. The summed E-state index contributed by atoms with van der Waals surface area (Å²) in [6.07, 6.45) is 0. The van der Waals surface area contributed by atoms with E-state index in [0.717, 1.165) is 31.7 Å². The monoisotopic (exact) mass is 349 g/mol. The van der Waals surface area contributed by atoms with Gasteiger partial charge in [0.15, 0.2) is 0 Å². The zero-order valence-corrected chi connectivity index (χ0v) is 14.3. The van der Waals surface area contributed by atoms with E-state index in [2.05, 4.69) is 25.3 Å². The molecule has 2 aromatic rings. The second-order valence-corrected chi connectivity index (χ2v) is 6.18. The molecule has 1 saturated heterocycles. The number of benzene rings is 1. The lowest BCUT2D eigenvalue weighted by molar-refractivity contribution is -0.122. The van der Waals surface area contributed by atoms with Gasteiger partial charge >= 0.3 is 0 Å². The Labute approximate surface area is 145 Å². The van der Waals surface area contributed by atoms with Crippen LogP contribution in [0.2, 0.25) is 5.02 Å². The van der Waals surface area contributed by atoms with Crippen molar-refractivity contribution in [2.45, 2.75) is 6.54 Å². The molecule has 128 valence electrons. The van der Waals surface area contributed by atoms with Crippen LogP contribution in [0.4, 0.5) is 0 Å². The summed E-state index contributed by atoms with van der Waals surface area (Å²) in [6.45, 7) is 4.52. The van der Waals surface area contributed by atoms with Gasteiger partial charge in [0.2, 0.25) is 17.6 Å². The molecule has 0 aliphatic carbocycles. The number of carbonyl (C=O) groups is 1. The highest BCUT2D eigenvalue weighted by molar-refractivity contribution is 6.30. The number of nitrogens with zero attached hydrogens (tertiary/aromatic N) is 4. The molecule has 24 heavy (non-hydrogen) atoms. The van der Waals surface area contributed by atoms with Crippen LogP contribution in [0, 0.1) is 0 Å². The summed E-state index contributed by atoms with van der Waals surface area (Å²) in [5, 5.41) is 7.35. The van der Waals surface area contributed by atoms with E-state index in [9.17, 15) is 4.79 Å². The number of nitrogens with one attached hydrogen (secondary N) is 1. The lowest BCUT2D eigenvalue weighted by Gasteiger charge is -2.33. The molecule has 1 aliphatic heterocycles. The minimum absolute atomic E-state index is 0.0490. The fourth-order valence-electron chi connectivity index (χ4n) is 2.61. The fourth-order valence-corrected chi connectivity index (χ4v) is 2.74. The Kier molecular flexibility index (Phi) is 5.44. The topological polar surface area (TPSA) is 74.5 Å². The van der Waals surface area contributed by atoms with E-state index >= 15 is 0 Å². The molecule has 0 spiro atoms. The maximum atomic E-state index is 11.4. The van der Waals surface area contributed by atoms with Gasteiger partial charge in [-0.25, -0.2) is 0 Å². The van der Waals surface area contributed by atoms with Crippen LogP contribution in [0.3, 0.4) is 0 Å². The molecule has 0 atom stereocenters. The first-order chi connectivity index (χ1) is 11.6. The summed E-state index contributed by atoms with van der Waals surface area (Å²) >= 11 is 5.89. The number of likely N-dealkylation sites (N-methyl/N-ethyl adjacent to an activating group) is 1. The fraction of sp³-hybridized carbons (Fsp3) is 0.438. The molecule has 7 nitrogen and oxygen atoms in total. The smallest absolute Gasteiger partial charge is 0.241 e. The van der Waals surface area contributed by atoms with Crippen molar-refractivity contribution in [3.8, 4) is 11.4 Å². The van der Waals surface area contributed by atoms with Gasteiger partial charge in [-0.1, -0.05) is 16.8 Å². The standard InChI is InChI=1S/C16H20ClN5O2/c1-18-14(23)10-21-6-8-22(9-7-21)11-15-19-16(20-24-15)12-2-4-13(17)5-3-12/h2-5H,6-11H2,1H3,(H,18,23). The molecular formula is C16H20ClN5O2. The zero-order valence-electron chi connectivity index (χ0n) is 13.5. The predicted molar refractivity (Wildman–Crippen MR) is 90.5 cm³/mol. The van der Waals surface area contributed by atoms with Gasteiger partial charge < -0.3 is 9.84 Å². The third-order valence-electron chi connectivity index (χ3n) is 4.04. The van der Waals surface area contributed by atoms with E-state index in [4.69, 9.17) is 16.1 Å². The van der Waals surface area contributed by atoms with E-state index < -0.39 is 0 Å². The highest BCUT2D eigenvalue weighted by Gasteiger charge is 2.20. The van der Waals surface area contributed by atoms with Crippen LogP contribution < -0.4 is 5.32 Å². The largest absolute Gasteiger partial charge is 0.358 e. The highest BCUT2D eigenvalue weighted by Crippen LogP contribution is 2.19. The van der Waals surface area contributed by atoms with Crippen LogP contribution in [-0.4, -0.2) is 65.6 Å². The third kappa shape index (κ3) is 4.31. The summed E-state index contributed by atoms with van der Waals surface area (Å²) in [6, 6.07) is 7.35. The quantitative estimate of drug-likeness (QED) is 0.875. The van der Waals surface area contributed by atoms with Crippen LogP contribution in [0.15, 0.2) is 28.8 Å². The molecule has 0 saturated carbocycles. The van der Waals surface area contributed by atoms with Crippen molar-refractivity contribution in [1.82, 2.24) is 25.3 Å². The number of piperazine rings is 1. The van der Waals surface area contributed by atoms with Crippen molar-refractivity contribution in [3.63, 3.8) is 0 Å². The number of carbonyl (C=O) groups excluding carboxylic acids is 1. The van der Waals surface area contributed by atoms with Crippen LogP contribution in [-0.2, 0) is 11.3 Å². The number of hydrogen-bond donors (Lipinski definition) is 1. The summed E-state index contributed by atoms with van der Waals surface area (Å²) in [5.41, 5.74) is 0.879. The van der Waals surface area contributed by atoms with Crippen LogP contribution >= 0.6 is 11.6 Å². The first kappa shape index (κ1) is 16.9. The van der Waals surface area contributed by atoms with Gasteiger partial charge in [-0.3, -0.25) is 14.6 Å². The highest BCUT2D eigenvalue weighted by atomic mass is 35.5. The second-order valence-electron chi connectivity index (χ2n) is 5.74. The Balaban J connectivity index is 1.53. The van der Waals surface area contributed by atoms with Crippen molar-refractivity contribution in [2.75, 3.05) is 39.8 Å². The van der Waals surface area contributed by atoms with Crippen molar-refractivity contribution in [3.05, 3.63) is 35.2 Å². The first-order valence-corrected chi connectivity index (χ1v) is 8.25. The zero-order chi connectivity index (χ0) is 16.9. The predicted octanol–water partition coefficient (Wildman–Crippen LogP) is 1.25. The van der Waals surface area contributed by atoms with E-state index in [1.807, 2.05) is 12.1 Å². The van der Waals surface area contributed by atoms with Crippen molar-refractivity contribution in [1.29, 1.82) is 0 Å². The third-order valence-corrected chi connectivity index (χ3v) is 4.29. The Morgan fingerprint density at radius 3 is 2.54 bits per heavy atom. The number of hydrogen-bond acceptors (Lipinski definition) is 6. The lowest BCUT2D eigenvalue weighted by Crippen LogP contribution is -2.48. The number of amides is 1. The molecule has 0 radical (unpaired) electrons. The first-order valence-electron chi connectivity index (χ1n) is 7.88. The molecule has 1 N–H and O–H groups in total. The van der Waals surface area contributed by atoms with Gasteiger partial charge in [0.05, 0.1) is 13.1 Å². The van der Waals surface area contributed by atoms with Crippen LogP contribution in [0.5, 0.6) is 0 Å². The molecule has 0 bridgehead atoms. The van der Waals surface area contributed by atoms with Crippen molar-refractivity contribution in [2.24, 2.45) is 0 Å². The normalized spacial score (nSPS) is 16.2. The molecule has 1 aliphatic rings. The van der Waals surface area contributed by atoms with Gasteiger partial charge in [-0.05, 0) is 24.3 Å². The number of halogens is 1. The number of rotatable bonds is 5. The van der Waals surface area contributed by atoms with E-state index in [1.54, 1.807) is 19.2 Å². The molecule has 2 heterocycles. The maximum absolute atomic E-state index is 11.4. The van der Waals surface area contributed by atoms with Gasteiger partial charge in [0.25, 0.3) is 0 Å². The Morgan fingerprint density at radius 2 is 1.88 bits per heavy atom. The summed E-state index contributed by atoms with van der Waals surface area (Å²) < 4.78 is 5.35. The maximum Gasteiger partial charge on any atom is 0.241 e. The molecule has 0 unspecified atom stereocenters. The average Bonchev–Trinajstić information content (AvgIpc) is 3.05. The Morgan fingerprint density at radius 1 is 1.21 bits per heavy atom. The lowest BCUT2D eigenvalue weighted by atomic mass is 10.2. The van der Waals surface area contributed by atoms with Crippen molar-refractivity contribution >= 4 is 17.5 Å². The van der Waals surface area contributed by atoms with Gasteiger partial charge in [0, 0.05) is 43.8 Å². The van der Waals surface area contributed by atoms with Crippen molar-refractivity contribution < 1.29 is 9.32 Å². The molecular weight excluding hydrogens is 330 g/mol. The SMILES string of the molecule is CNC(=O)CN1CCN(Cc2nc(-c3ccc(Cl)cc3)no2)CC1. The Bertz CT molecular complexity index is 680. The minimum atomic E-state index is 0.0490. The van der Waals surface area contributed by atoms with E-state index in [-0.39, 0.29) is 5.91 Å². The van der Waals surface area contributed by atoms with Crippen LogP contribution in [0.1, 0.15) is 5.89 Å². The summed E-state index contributed by atoms with van der Waals surface area (Å²) in [5.74, 6) is 1.22. The molecule has 1 fully saturated rings. The molecule has 3 rings (SSSR count). The molecule has 1 amide bonds. The van der Waals surface area contributed by atoms with Crippen LogP contribution in [0.25, 0.3) is 11.4 Å². The summed E-state index contributed by atoms with van der Waals surface area (Å²) in [7, 11) is 1.66. The van der Waals surface area contributed by atoms with Gasteiger partial charge in [0.1, 0.15) is 0 Å². The van der Waals surface area contributed by atoms with E-state index in [1.165, 1.54) is 0 Å².